The summed E-state index contributed by atoms with van der Waals surface area (Å²) in [6.07, 6.45) is 34.1. The third-order valence-corrected chi connectivity index (χ3v) is 6.81. The molecule has 0 atom stereocenters. The first kappa shape index (κ1) is 32.2. The fourth-order valence-corrected chi connectivity index (χ4v) is 4.43. The summed E-state index contributed by atoms with van der Waals surface area (Å²) in [5.41, 5.74) is 0.793. The van der Waals surface area contributed by atoms with E-state index in [2.05, 4.69) is 19.9 Å². The molecule has 0 fully saturated rings. The van der Waals surface area contributed by atoms with Crippen LogP contribution < -0.4 is 0 Å². The van der Waals surface area contributed by atoms with Crippen molar-refractivity contribution in [2.24, 2.45) is 0 Å². The minimum Gasteiger partial charge on any atom is -0.462 e. The molecule has 0 heterocycles. The van der Waals surface area contributed by atoms with Crippen LogP contribution in [-0.4, -0.2) is 12.6 Å². The van der Waals surface area contributed by atoms with Gasteiger partial charge in [0.2, 0.25) is 0 Å². The van der Waals surface area contributed by atoms with Crippen molar-refractivity contribution in [2.75, 3.05) is 6.61 Å². The number of carbonyl (C=O) groups is 1. The highest BCUT2D eigenvalue weighted by Gasteiger charge is 2.05. The lowest BCUT2D eigenvalue weighted by Crippen LogP contribution is -2.07. The molecule has 2 heteroatoms. The van der Waals surface area contributed by atoms with Crippen molar-refractivity contribution < 1.29 is 9.53 Å². The second-order valence-corrected chi connectivity index (χ2v) is 10.2. The Kier molecular flexibility index (Phi) is 26.8. The van der Waals surface area contributed by atoms with Gasteiger partial charge in [0, 0.05) is 5.57 Å². The van der Waals surface area contributed by atoms with Gasteiger partial charge < -0.3 is 4.74 Å². The molecule has 33 heavy (non-hydrogen) atoms. The van der Waals surface area contributed by atoms with Crippen LogP contribution in [0.15, 0.2) is 11.6 Å². The number of unbranched alkanes of at least 4 members (excludes halogenated alkanes) is 22. The molecule has 0 amide bonds. The Labute approximate surface area is 208 Å². The zero-order chi connectivity index (χ0) is 24.2. The molecule has 0 saturated carbocycles. The lowest BCUT2D eigenvalue weighted by molar-refractivity contribution is -0.139. The van der Waals surface area contributed by atoms with Gasteiger partial charge in [-0.25, -0.2) is 4.79 Å². The van der Waals surface area contributed by atoms with Crippen molar-refractivity contribution in [2.45, 2.75) is 175 Å². The van der Waals surface area contributed by atoms with Gasteiger partial charge in [-0.2, -0.15) is 0 Å². The van der Waals surface area contributed by atoms with E-state index in [9.17, 15) is 4.79 Å². The van der Waals surface area contributed by atoms with Crippen molar-refractivity contribution in [3.05, 3.63) is 11.6 Å². The molecular weight excluding hydrogens is 404 g/mol. The molecule has 2 nitrogen and oxygen atoms in total. The zero-order valence-electron chi connectivity index (χ0n) is 23.1. The highest BCUT2D eigenvalue weighted by atomic mass is 16.5. The van der Waals surface area contributed by atoms with Gasteiger partial charge in [-0.05, 0) is 26.2 Å². The predicted octanol–water partition coefficient (Wildman–Crippen LogP) is 10.9. The fourth-order valence-electron chi connectivity index (χ4n) is 4.43. The molecule has 196 valence electrons. The molecule has 0 N–H and O–H groups in total. The molecule has 0 aromatic carbocycles. The average molecular weight is 465 g/mol. The monoisotopic (exact) mass is 464 g/mol. The van der Waals surface area contributed by atoms with Gasteiger partial charge in [-0.15, -0.1) is 0 Å². The van der Waals surface area contributed by atoms with E-state index in [1.165, 1.54) is 141 Å². The van der Waals surface area contributed by atoms with Gasteiger partial charge in [-0.1, -0.05) is 155 Å². The lowest BCUT2D eigenvalue weighted by atomic mass is 10.0. The van der Waals surface area contributed by atoms with Crippen LogP contribution in [0.1, 0.15) is 175 Å². The van der Waals surface area contributed by atoms with Crippen molar-refractivity contribution in [3.63, 3.8) is 0 Å². The van der Waals surface area contributed by atoms with E-state index >= 15 is 0 Å². The summed E-state index contributed by atoms with van der Waals surface area (Å²) in [6.45, 7) is 7.04. The second kappa shape index (κ2) is 27.5. The maximum Gasteiger partial charge on any atom is 0.333 e. The smallest absolute Gasteiger partial charge is 0.333 e. The molecule has 0 unspecified atom stereocenters. The molecule has 0 aromatic rings. The number of rotatable bonds is 26. The van der Waals surface area contributed by atoms with Crippen LogP contribution in [0.2, 0.25) is 0 Å². The number of allylic oxidation sites excluding steroid dienone is 1. The molecule has 0 bridgehead atoms. The Bertz CT molecular complexity index is 427. The average Bonchev–Trinajstić information content (AvgIpc) is 2.82. The lowest BCUT2D eigenvalue weighted by Gasteiger charge is -2.06. The summed E-state index contributed by atoms with van der Waals surface area (Å²) in [6, 6.07) is 0. The maximum atomic E-state index is 12.1. The van der Waals surface area contributed by atoms with Crippen LogP contribution in [0.4, 0.5) is 0 Å². The summed E-state index contributed by atoms with van der Waals surface area (Å²) < 4.78 is 5.44. The molecule has 0 aliphatic heterocycles. The largest absolute Gasteiger partial charge is 0.462 e. The van der Waals surface area contributed by atoms with E-state index in [-0.39, 0.29) is 5.97 Å². The van der Waals surface area contributed by atoms with E-state index in [4.69, 9.17) is 4.74 Å². The van der Waals surface area contributed by atoms with Gasteiger partial charge in [0.15, 0.2) is 0 Å². The van der Waals surface area contributed by atoms with Crippen molar-refractivity contribution >= 4 is 5.97 Å². The van der Waals surface area contributed by atoms with Gasteiger partial charge in [0.05, 0.1) is 6.61 Å². The first-order chi connectivity index (χ1) is 16.2. The van der Waals surface area contributed by atoms with Crippen LogP contribution in [0, 0.1) is 0 Å². The standard InChI is InChI=1S/C31H60O2/c1-4-6-8-10-12-14-16-17-18-19-20-22-24-26-28-30(3)31(32)33-29-27-25-23-21-15-13-11-9-7-5-2/h28H,4-27,29H2,1-3H3. The summed E-state index contributed by atoms with van der Waals surface area (Å²) in [4.78, 5) is 12.1. The van der Waals surface area contributed by atoms with Crippen molar-refractivity contribution in [1.29, 1.82) is 0 Å². The van der Waals surface area contributed by atoms with Crippen molar-refractivity contribution in [1.82, 2.24) is 0 Å². The quantitative estimate of drug-likeness (QED) is 0.0722. The number of hydrogen-bond donors (Lipinski definition) is 0. The van der Waals surface area contributed by atoms with E-state index in [1.807, 2.05) is 6.92 Å². The number of esters is 1. The maximum absolute atomic E-state index is 12.1. The van der Waals surface area contributed by atoms with Crippen LogP contribution in [0.25, 0.3) is 0 Å². The highest BCUT2D eigenvalue weighted by Crippen LogP contribution is 2.14. The third kappa shape index (κ3) is 25.7. The molecule has 0 spiro atoms. The van der Waals surface area contributed by atoms with E-state index in [1.54, 1.807) is 0 Å². The summed E-state index contributed by atoms with van der Waals surface area (Å²) in [5, 5.41) is 0. The van der Waals surface area contributed by atoms with Gasteiger partial charge in [0.25, 0.3) is 0 Å². The molecule has 0 aliphatic carbocycles. The van der Waals surface area contributed by atoms with E-state index in [0.717, 1.165) is 18.4 Å². The zero-order valence-corrected chi connectivity index (χ0v) is 23.1. The Morgan fingerprint density at radius 2 is 0.848 bits per heavy atom. The molecule has 0 rings (SSSR count). The van der Waals surface area contributed by atoms with Gasteiger partial charge >= 0.3 is 5.97 Å². The summed E-state index contributed by atoms with van der Waals surface area (Å²) >= 11 is 0. The number of ether oxygens (including phenoxy) is 1. The molecule has 0 aliphatic rings. The molecular formula is C31H60O2. The van der Waals surface area contributed by atoms with Crippen molar-refractivity contribution in [3.8, 4) is 0 Å². The van der Waals surface area contributed by atoms with Crippen LogP contribution in [-0.2, 0) is 9.53 Å². The highest BCUT2D eigenvalue weighted by molar-refractivity contribution is 5.87. The normalized spacial score (nSPS) is 11.8. The third-order valence-electron chi connectivity index (χ3n) is 6.81. The SMILES string of the molecule is CCCCCCCCCCCCCCCC=C(C)C(=O)OCCCCCCCCCCCC. The van der Waals surface area contributed by atoms with E-state index in [0.29, 0.717) is 6.61 Å². The number of carbonyl (C=O) groups excluding carboxylic acids is 1. The first-order valence-corrected chi connectivity index (χ1v) is 15.1. The van der Waals surface area contributed by atoms with Gasteiger partial charge in [0.1, 0.15) is 0 Å². The molecule has 0 radical (unpaired) electrons. The molecule has 0 aromatic heterocycles. The minimum absolute atomic E-state index is 0.111. The minimum atomic E-state index is -0.111. The molecule has 0 saturated heterocycles. The summed E-state index contributed by atoms with van der Waals surface area (Å²) in [5.74, 6) is -0.111. The predicted molar refractivity (Wildman–Crippen MR) is 147 cm³/mol. The van der Waals surface area contributed by atoms with Crippen LogP contribution in [0.5, 0.6) is 0 Å². The fraction of sp³-hybridized carbons (Fsp3) is 0.903. The Morgan fingerprint density at radius 3 is 1.24 bits per heavy atom. The first-order valence-electron chi connectivity index (χ1n) is 15.1. The van der Waals surface area contributed by atoms with Crippen LogP contribution in [0.3, 0.4) is 0 Å². The Balaban J connectivity index is 3.38. The number of hydrogen-bond acceptors (Lipinski definition) is 2. The van der Waals surface area contributed by atoms with Crippen LogP contribution >= 0.6 is 0 Å². The van der Waals surface area contributed by atoms with E-state index < -0.39 is 0 Å². The van der Waals surface area contributed by atoms with Gasteiger partial charge in [-0.3, -0.25) is 0 Å². The Morgan fingerprint density at radius 1 is 0.515 bits per heavy atom. The topological polar surface area (TPSA) is 26.3 Å². The second-order valence-electron chi connectivity index (χ2n) is 10.2. The Hall–Kier alpha value is -0.790. The summed E-state index contributed by atoms with van der Waals surface area (Å²) in [7, 11) is 0.